The van der Waals surface area contributed by atoms with Crippen LogP contribution in [-0.4, -0.2) is 5.78 Å². The maximum Gasteiger partial charge on any atom is 0.170 e. The van der Waals surface area contributed by atoms with Crippen LogP contribution < -0.4 is 9.47 Å². The molecule has 3 nitrogen and oxygen atoms in total. The number of Topliss-reactive ketones (excluding diaryl/α,β-unsaturated/α-hetero) is 1. The topological polar surface area (TPSA) is 35.5 Å². The van der Waals surface area contributed by atoms with Crippen LogP contribution in [-0.2, 0) is 6.61 Å². The molecular formula is C22H18O3. The van der Waals surface area contributed by atoms with Crippen LogP contribution in [0.4, 0.5) is 0 Å². The lowest BCUT2D eigenvalue weighted by Crippen LogP contribution is -2.20. The van der Waals surface area contributed by atoms with E-state index in [1.807, 2.05) is 72.8 Å². The molecule has 25 heavy (non-hydrogen) atoms. The molecule has 1 unspecified atom stereocenters. The van der Waals surface area contributed by atoms with Gasteiger partial charge in [0.15, 0.2) is 5.78 Å². The molecule has 1 aliphatic rings. The Hall–Kier alpha value is -3.07. The highest BCUT2D eigenvalue weighted by Gasteiger charge is 2.27. The lowest BCUT2D eigenvalue weighted by Gasteiger charge is -2.26. The van der Waals surface area contributed by atoms with Gasteiger partial charge in [0.05, 0.1) is 12.0 Å². The predicted octanol–water partition coefficient (Wildman–Crippen LogP) is 4.97. The Bertz CT molecular complexity index is 872. The third kappa shape index (κ3) is 3.41. The number of ether oxygens (including phenoxy) is 2. The van der Waals surface area contributed by atoms with Gasteiger partial charge in [0.25, 0.3) is 0 Å². The van der Waals surface area contributed by atoms with Gasteiger partial charge in [-0.05, 0) is 23.3 Å². The molecule has 0 aliphatic carbocycles. The summed E-state index contributed by atoms with van der Waals surface area (Å²) in [5.41, 5.74) is 2.73. The highest BCUT2D eigenvalue weighted by Crippen LogP contribution is 2.37. The molecule has 0 saturated carbocycles. The minimum atomic E-state index is -0.245. The van der Waals surface area contributed by atoms with E-state index in [1.54, 1.807) is 6.07 Å². The summed E-state index contributed by atoms with van der Waals surface area (Å²) in [6.07, 6.45) is 0.117. The Morgan fingerprint density at radius 2 is 1.64 bits per heavy atom. The molecule has 1 aliphatic heterocycles. The van der Waals surface area contributed by atoms with Gasteiger partial charge in [-0.15, -0.1) is 0 Å². The van der Waals surface area contributed by atoms with Crippen LogP contribution in [0.1, 0.15) is 34.0 Å². The molecule has 0 aromatic heterocycles. The second-order valence-electron chi connectivity index (χ2n) is 6.08. The highest BCUT2D eigenvalue weighted by atomic mass is 16.5. The van der Waals surface area contributed by atoms with Crippen molar-refractivity contribution in [1.82, 2.24) is 0 Å². The van der Waals surface area contributed by atoms with E-state index in [2.05, 4.69) is 0 Å². The Morgan fingerprint density at radius 3 is 2.40 bits per heavy atom. The highest BCUT2D eigenvalue weighted by molar-refractivity contribution is 6.00. The summed E-state index contributed by atoms with van der Waals surface area (Å²) in [4.78, 5) is 12.4. The zero-order valence-corrected chi connectivity index (χ0v) is 13.7. The molecule has 0 amide bonds. The molecule has 0 saturated heterocycles. The molecule has 0 spiro atoms. The molecule has 3 aromatic rings. The van der Waals surface area contributed by atoms with E-state index in [4.69, 9.17) is 9.47 Å². The minimum Gasteiger partial charge on any atom is -0.489 e. The number of carbonyl (C=O) groups is 1. The average molecular weight is 330 g/mol. The van der Waals surface area contributed by atoms with Crippen LogP contribution in [0.5, 0.6) is 11.5 Å². The summed E-state index contributed by atoms with van der Waals surface area (Å²) >= 11 is 0. The molecule has 4 rings (SSSR count). The molecule has 1 atom stereocenters. The summed E-state index contributed by atoms with van der Waals surface area (Å²) in [6, 6.07) is 25.2. The summed E-state index contributed by atoms with van der Waals surface area (Å²) < 4.78 is 11.9. The fraction of sp³-hybridized carbons (Fsp3) is 0.136. The van der Waals surface area contributed by atoms with Crippen LogP contribution in [0.3, 0.4) is 0 Å². The van der Waals surface area contributed by atoms with Crippen molar-refractivity contribution < 1.29 is 14.3 Å². The first-order valence-corrected chi connectivity index (χ1v) is 8.35. The van der Waals surface area contributed by atoms with E-state index in [1.165, 1.54) is 0 Å². The Balaban J connectivity index is 1.54. The van der Waals surface area contributed by atoms with Gasteiger partial charge in [0.2, 0.25) is 0 Å². The number of benzene rings is 3. The largest absolute Gasteiger partial charge is 0.489 e. The standard InChI is InChI=1S/C22H18O3/c23-20-14-21(17-9-5-2-6-10-17)25-22-13-18(11-12-19(20)22)24-15-16-7-3-1-4-8-16/h1-13,21H,14-15H2. The molecule has 0 bridgehead atoms. The quantitative estimate of drug-likeness (QED) is 0.677. The number of rotatable bonds is 4. The fourth-order valence-electron chi connectivity index (χ4n) is 2.99. The normalized spacial score (nSPS) is 16.0. The summed E-state index contributed by atoms with van der Waals surface area (Å²) in [5, 5.41) is 0. The van der Waals surface area contributed by atoms with E-state index in [0.29, 0.717) is 30.1 Å². The van der Waals surface area contributed by atoms with Crippen molar-refractivity contribution in [3.63, 3.8) is 0 Å². The number of hydrogen-bond donors (Lipinski definition) is 0. The first-order valence-electron chi connectivity index (χ1n) is 8.35. The van der Waals surface area contributed by atoms with E-state index in [9.17, 15) is 4.79 Å². The molecule has 124 valence electrons. The predicted molar refractivity (Wildman–Crippen MR) is 96.0 cm³/mol. The van der Waals surface area contributed by atoms with Crippen molar-refractivity contribution in [2.75, 3.05) is 0 Å². The van der Waals surface area contributed by atoms with Gasteiger partial charge in [-0.3, -0.25) is 4.79 Å². The van der Waals surface area contributed by atoms with Crippen molar-refractivity contribution in [2.45, 2.75) is 19.1 Å². The molecular weight excluding hydrogens is 312 g/mol. The maximum atomic E-state index is 12.4. The van der Waals surface area contributed by atoms with E-state index < -0.39 is 0 Å². The van der Waals surface area contributed by atoms with Crippen LogP contribution in [0, 0.1) is 0 Å². The zero-order chi connectivity index (χ0) is 17.1. The smallest absolute Gasteiger partial charge is 0.170 e. The summed E-state index contributed by atoms with van der Waals surface area (Å²) in [7, 11) is 0. The second kappa shape index (κ2) is 6.81. The van der Waals surface area contributed by atoms with Crippen molar-refractivity contribution in [3.05, 3.63) is 95.6 Å². The van der Waals surface area contributed by atoms with Gasteiger partial charge in [-0.25, -0.2) is 0 Å². The Labute approximate surface area is 146 Å². The van der Waals surface area contributed by atoms with Gasteiger partial charge in [0, 0.05) is 6.07 Å². The van der Waals surface area contributed by atoms with Gasteiger partial charge in [-0.1, -0.05) is 60.7 Å². The molecule has 3 heteroatoms. The van der Waals surface area contributed by atoms with Crippen LogP contribution in [0.25, 0.3) is 0 Å². The van der Waals surface area contributed by atoms with Crippen LogP contribution in [0.15, 0.2) is 78.9 Å². The average Bonchev–Trinajstić information content (AvgIpc) is 2.67. The molecule has 3 aromatic carbocycles. The monoisotopic (exact) mass is 330 g/mol. The van der Waals surface area contributed by atoms with Crippen molar-refractivity contribution >= 4 is 5.78 Å². The first kappa shape index (κ1) is 15.5. The van der Waals surface area contributed by atoms with E-state index in [-0.39, 0.29) is 11.9 Å². The van der Waals surface area contributed by atoms with Crippen molar-refractivity contribution in [1.29, 1.82) is 0 Å². The third-order valence-electron chi connectivity index (χ3n) is 4.31. The molecule has 0 radical (unpaired) electrons. The van der Waals surface area contributed by atoms with Gasteiger partial charge < -0.3 is 9.47 Å². The molecule has 1 heterocycles. The minimum absolute atomic E-state index is 0.102. The molecule has 0 N–H and O–H groups in total. The van der Waals surface area contributed by atoms with Gasteiger partial charge >= 0.3 is 0 Å². The fourth-order valence-corrected chi connectivity index (χ4v) is 2.99. The zero-order valence-electron chi connectivity index (χ0n) is 13.7. The third-order valence-corrected chi connectivity index (χ3v) is 4.31. The van der Waals surface area contributed by atoms with E-state index in [0.717, 1.165) is 11.1 Å². The van der Waals surface area contributed by atoms with Crippen LogP contribution >= 0.6 is 0 Å². The van der Waals surface area contributed by atoms with Gasteiger partial charge in [0.1, 0.15) is 24.2 Å². The maximum absolute atomic E-state index is 12.4. The Kier molecular flexibility index (Phi) is 4.21. The van der Waals surface area contributed by atoms with Crippen molar-refractivity contribution in [2.24, 2.45) is 0 Å². The molecule has 0 fully saturated rings. The van der Waals surface area contributed by atoms with Gasteiger partial charge in [-0.2, -0.15) is 0 Å². The summed E-state index contributed by atoms with van der Waals surface area (Å²) in [5.74, 6) is 1.39. The summed E-state index contributed by atoms with van der Waals surface area (Å²) in [6.45, 7) is 0.482. The first-order chi connectivity index (χ1) is 12.3. The van der Waals surface area contributed by atoms with Crippen molar-refractivity contribution in [3.8, 4) is 11.5 Å². The Morgan fingerprint density at radius 1 is 0.920 bits per heavy atom. The number of ketones is 1. The second-order valence-corrected chi connectivity index (χ2v) is 6.08. The van der Waals surface area contributed by atoms with Crippen LogP contribution in [0.2, 0.25) is 0 Å². The number of fused-ring (bicyclic) bond motifs is 1. The lowest BCUT2D eigenvalue weighted by molar-refractivity contribution is 0.0849. The van der Waals surface area contributed by atoms with E-state index >= 15 is 0 Å². The lowest BCUT2D eigenvalue weighted by atomic mass is 9.96. The SMILES string of the molecule is O=C1CC(c2ccccc2)Oc2cc(OCc3ccccc3)ccc21. The number of hydrogen-bond acceptors (Lipinski definition) is 3. The number of carbonyl (C=O) groups excluding carboxylic acids is 1.